The average Bonchev–Trinajstić information content (AvgIpc) is 2.74. The highest BCUT2D eigenvalue weighted by Gasteiger charge is 2.32. The predicted octanol–water partition coefficient (Wildman–Crippen LogP) is 3.90. The van der Waals surface area contributed by atoms with Gasteiger partial charge in [0, 0.05) is 30.2 Å². The zero-order valence-electron chi connectivity index (χ0n) is 15.1. The number of carbonyl (C=O) groups excluding carboxylic acids is 1. The largest absolute Gasteiger partial charge is 0.497 e. The summed E-state index contributed by atoms with van der Waals surface area (Å²) in [7, 11) is 1.66. The summed E-state index contributed by atoms with van der Waals surface area (Å²) in [6, 6.07) is 19.5. The summed E-state index contributed by atoms with van der Waals surface area (Å²) in [6.07, 6.45) is 4.07. The molecular weight excluding hydrogens is 338 g/mol. The molecule has 1 amide bonds. The third-order valence-electron chi connectivity index (χ3n) is 4.82. The van der Waals surface area contributed by atoms with Gasteiger partial charge in [0.2, 0.25) is 0 Å². The van der Waals surface area contributed by atoms with Crippen LogP contribution in [0, 0.1) is 0 Å². The van der Waals surface area contributed by atoms with Crippen LogP contribution in [0.1, 0.15) is 27.7 Å². The molecule has 27 heavy (non-hydrogen) atoms. The number of methoxy groups -OCH3 is 1. The lowest BCUT2D eigenvalue weighted by atomic mass is 10.0. The summed E-state index contributed by atoms with van der Waals surface area (Å²) in [5.41, 5.74) is 3.69. The van der Waals surface area contributed by atoms with E-state index in [2.05, 4.69) is 10.3 Å². The number of nitrogens with zero attached hydrogens (tertiary/aromatic N) is 2. The molecule has 4 rings (SSSR count). The summed E-state index contributed by atoms with van der Waals surface area (Å²) in [4.78, 5) is 19.3. The third-order valence-corrected chi connectivity index (χ3v) is 4.82. The van der Waals surface area contributed by atoms with E-state index in [1.165, 1.54) is 0 Å². The lowest BCUT2D eigenvalue weighted by molar-refractivity contribution is 0.0685. The Balaban J connectivity index is 1.61. The van der Waals surface area contributed by atoms with Crippen molar-refractivity contribution in [1.29, 1.82) is 0 Å². The van der Waals surface area contributed by atoms with Crippen molar-refractivity contribution in [3.8, 4) is 5.75 Å². The molecule has 0 saturated carbocycles. The number of pyridine rings is 1. The lowest BCUT2D eigenvalue weighted by Crippen LogP contribution is -2.44. The van der Waals surface area contributed by atoms with Crippen molar-refractivity contribution in [2.45, 2.75) is 12.6 Å². The molecule has 1 aromatic heterocycles. The van der Waals surface area contributed by atoms with E-state index >= 15 is 0 Å². The highest BCUT2D eigenvalue weighted by Crippen LogP contribution is 2.32. The fourth-order valence-electron chi connectivity index (χ4n) is 3.37. The van der Waals surface area contributed by atoms with Gasteiger partial charge in [-0.3, -0.25) is 9.78 Å². The van der Waals surface area contributed by atoms with E-state index in [1.807, 2.05) is 65.6 Å². The van der Waals surface area contributed by atoms with E-state index in [-0.39, 0.29) is 12.1 Å². The molecule has 0 aliphatic carbocycles. The molecule has 3 aromatic rings. The smallest absolute Gasteiger partial charge is 0.257 e. The first-order valence-electron chi connectivity index (χ1n) is 8.95. The van der Waals surface area contributed by atoms with E-state index < -0.39 is 0 Å². The van der Waals surface area contributed by atoms with Crippen LogP contribution in [0.4, 0.5) is 5.69 Å². The van der Waals surface area contributed by atoms with Gasteiger partial charge in [-0.15, -0.1) is 0 Å². The minimum absolute atomic E-state index is 0.0340. The standard InChI is InChI=1S/C22H21N3O2/c1-27-18-10-8-16(9-11-18)12-14-25-21(17-5-4-13-23-15-17)24-20-7-3-2-6-19(20)22(25)26/h2-11,13,15,21,24H,12,14H2,1H3/t21-/m0/s1. The molecular formula is C22H21N3O2. The fourth-order valence-corrected chi connectivity index (χ4v) is 3.37. The van der Waals surface area contributed by atoms with E-state index in [9.17, 15) is 4.79 Å². The topological polar surface area (TPSA) is 54.5 Å². The molecule has 5 nitrogen and oxygen atoms in total. The van der Waals surface area contributed by atoms with Crippen molar-refractivity contribution in [2.24, 2.45) is 0 Å². The van der Waals surface area contributed by atoms with Crippen molar-refractivity contribution >= 4 is 11.6 Å². The highest BCUT2D eigenvalue weighted by atomic mass is 16.5. The van der Waals surface area contributed by atoms with Gasteiger partial charge in [0.15, 0.2) is 0 Å². The third kappa shape index (κ3) is 3.49. The van der Waals surface area contributed by atoms with Crippen molar-refractivity contribution in [2.75, 3.05) is 19.0 Å². The van der Waals surface area contributed by atoms with E-state index in [1.54, 1.807) is 19.5 Å². The van der Waals surface area contributed by atoms with E-state index in [0.717, 1.165) is 29.0 Å². The minimum Gasteiger partial charge on any atom is -0.497 e. The number of hydrogen-bond acceptors (Lipinski definition) is 4. The maximum atomic E-state index is 13.2. The number of ether oxygens (including phenoxy) is 1. The number of hydrogen-bond donors (Lipinski definition) is 1. The Morgan fingerprint density at radius 3 is 2.63 bits per heavy atom. The maximum Gasteiger partial charge on any atom is 0.257 e. The Hall–Kier alpha value is -3.34. The number of amides is 1. The Morgan fingerprint density at radius 1 is 1.07 bits per heavy atom. The lowest BCUT2D eigenvalue weighted by Gasteiger charge is -2.38. The number of aromatic nitrogens is 1. The van der Waals surface area contributed by atoms with Crippen molar-refractivity contribution in [3.05, 3.63) is 89.7 Å². The molecule has 0 fully saturated rings. The quantitative estimate of drug-likeness (QED) is 0.751. The Bertz CT molecular complexity index is 926. The number of rotatable bonds is 5. The van der Waals surface area contributed by atoms with Gasteiger partial charge in [-0.2, -0.15) is 0 Å². The molecule has 1 N–H and O–H groups in total. The zero-order chi connectivity index (χ0) is 18.6. The summed E-state index contributed by atoms with van der Waals surface area (Å²) >= 11 is 0. The molecule has 0 saturated heterocycles. The van der Waals surface area contributed by atoms with Gasteiger partial charge in [0.1, 0.15) is 11.9 Å². The first-order chi connectivity index (χ1) is 13.3. The summed E-state index contributed by atoms with van der Waals surface area (Å²) in [6.45, 7) is 0.603. The number of anilines is 1. The van der Waals surface area contributed by atoms with Crippen LogP contribution in [-0.4, -0.2) is 29.4 Å². The molecule has 1 aliphatic rings. The van der Waals surface area contributed by atoms with Gasteiger partial charge in [0.25, 0.3) is 5.91 Å². The van der Waals surface area contributed by atoms with Gasteiger partial charge in [0.05, 0.1) is 12.7 Å². The van der Waals surface area contributed by atoms with Crippen LogP contribution in [0.15, 0.2) is 73.1 Å². The summed E-state index contributed by atoms with van der Waals surface area (Å²) < 4.78 is 5.21. The van der Waals surface area contributed by atoms with Crippen LogP contribution in [-0.2, 0) is 6.42 Å². The molecule has 0 bridgehead atoms. The predicted molar refractivity (Wildman–Crippen MR) is 105 cm³/mol. The normalized spacial score (nSPS) is 15.8. The number of benzene rings is 2. The minimum atomic E-state index is -0.237. The van der Waals surface area contributed by atoms with Gasteiger partial charge in [-0.25, -0.2) is 0 Å². The van der Waals surface area contributed by atoms with Crippen LogP contribution >= 0.6 is 0 Å². The number of carbonyl (C=O) groups is 1. The number of para-hydroxylation sites is 1. The highest BCUT2D eigenvalue weighted by molar-refractivity contribution is 6.01. The average molecular weight is 359 g/mol. The first-order valence-corrected chi connectivity index (χ1v) is 8.95. The first kappa shape index (κ1) is 17.1. The monoisotopic (exact) mass is 359 g/mol. The van der Waals surface area contributed by atoms with Gasteiger partial charge >= 0.3 is 0 Å². The van der Waals surface area contributed by atoms with Crippen LogP contribution in [0.5, 0.6) is 5.75 Å². The van der Waals surface area contributed by atoms with Gasteiger partial charge < -0.3 is 15.0 Å². The molecule has 0 radical (unpaired) electrons. The van der Waals surface area contributed by atoms with E-state index in [4.69, 9.17) is 4.74 Å². The fraction of sp³-hybridized carbons (Fsp3) is 0.182. The van der Waals surface area contributed by atoms with Gasteiger partial charge in [-0.05, 0) is 42.3 Å². The maximum absolute atomic E-state index is 13.2. The molecule has 136 valence electrons. The van der Waals surface area contributed by atoms with Crippen LogP contribution in [0.25, 0.3) is 0 Å². The summed E-state index contributed by atoms with van der Waals surface area (Å²) in [5.74, 6) is 0.864. The van der Waals surface area contributed by atoms with Crippen molar-refractivity contribution in [3.63, 3.8) is 0 Å². The number of nitrogens with one attached hydrogen (secondary N) is 1. The van der Waals surface area contributed by atoms with Crippen LogP contribution < -0.4 is 10.1 Å². The second-order valence-electron chi connectivity index (χ2n) is 6.48. The molecule has 0 unspecified atom stereocenters. The Labute approximate surface area is 158 Å². The molecule has 2 aromatic carbocycles. The van der Waals surface area contributed by atoms with Crippen molar-refractivity contribution in [1.82, 2.24) is 9.88 Å². The molecule has 2 heterocycles. The second-order valence-corrected chi connectivity index (χ2v) is 6.48. The molecule has 0 spiro atoms. The van der Waals surface area contributed by atoms with Crippen LogP contribution in [0.2, 0.25) is 0 Å². The SMILES string of the molecule is COc1ccc(CCN2C(=O)c3ccccc3N[C@@H]2c2cccnc2)cc1. The number of fused-ring (bicyclic) bond motifs is 1. The Kier molecular flexibility index (Phi) is 4.75. The zero-order valence-corrected chi connectivity index (χ0v) is 15.1. The van der Waals surface area contributed by atoms with Gasteiger partial charge in [-0.1, -0.05) is 30.3 Å². The Morgan fingerprint density at radius 2 is 1.89 bits per heavy atom. The molecule has 5 heteroatoms. The summed E-state index contributed by atoms with van der Waals surface area (Å²) in [5, 5.41) is 3.49. The molecule has 1 atom stereocenters. The van der Waals surface area contributed by atoms with Crippen molar-refractivity contribution < 1.29 is 9.53 Å². The van der Waals surface area contributed by atoms with E-state index in [0.29, 0.717) is 12.1 Å². The van der Waals surface area contributed by atoms with Crippen LogP contribution in [0.3, 0.4) is 0 Å². The molecule has 1 aliphatic heterocycles. The second kappa shape index (κ2) is 7.50.